The molecule has 0 saturated carbocycles. The van der Waals surface area contributed by atoms with Gasteiger partial charge in [-0.25, -0.2) is 13.6 Å². The summed E-state index contributed by atoms with van der Waals surface area (Å²) in [6.45, 7) is 2.29. The van der Waals surface area contributed by atoms with Crippen molar-refractivity contribution in [2.75, 3.05) is 0 Å². The maximum atomic E-state index is 11.5. The second-order valence-electron chi connectivity index (χ2n) is 4.05. The van der Waals surface area contributed by atoms with Crippen molar-refractivity contribution in [2.24, 2.45) is 5.14 Å². The van der Waals surface area contributed by atoms with Crippen LogP contribution in [0.25, 0.3) is 11.5 Å². The highest BCUT2D eigenvalue weighted by Crippen LogP contribution is 2.18. The van der Waals surface area contributed by atoms with Gasteiger partial charge in [0, 0.05) is 12.7 Å². The molecule has 0 atom stereocenters. The molecule has 0 spiro atoms. The van der Waals surface area contributed by atoms with E-state index in [9.17, 15) is 8.42 Å². The molecule has 20 heavy (non-hydrogen) atoms. The Morgan fingerprint density at radius 2 is 2.15 bits per heavy atom. The van der Waals surface area contributed by atoms with Crippen molar-refractivity contribution in [3.05, 3.63) is 23.9 Å². The van der Waals surface area contributed by atoms with Crippen LogP contribution < -0.4 is 5.14 Å². The van der Waals surface area contributed by atoms with Crippen molar-refractivity contribution in [2.45, 2.75) is 25.0 Å². The van der Waals surface area contributed by atoms with Gasteiger partial charge in [0.25, 0.3) is 15.2 Å². The molecule has 0 aliphatic rings. The first kappa shape index (κ1) is 14.1. The van der Waals surface area contributed by atoms with Crippen LogP contribution >= 0.6 is 0 Å². The first-order valence-corrected chi connectivity index (χ1v) is 7.34. The number of primary sulfonamides is 1. The molecule has 2 heterocycles. The molecule has 0 aliphatic heterocycles. The molecular formula is C11H12N6O2S. The zero-order chi connectivity index (χ0) is 14.8. The van der Waals surface area contributed by atoms with Gasteiger partial charge in [0.15, 0.2) is 5.82 Å². The van der Waals surface area contributed by atoms with Crippen LogP contribution in [-0.4, -0.2) is 28.2 Å². The van der Waals surface area contributed by atoms with Crippen molar-refractivity contribution < 1.29 is 8.42 Å². The van der Waals surface area contributed by atoms with Gasteiger partial charge in [0.05, 0.1) is 5.56 Å². The van der Waals surface area contributed by atoms with E-state index in [1.54, 1.807) is 12.1 Å². The number of hydrogen-bond donors (Lipinski definition) is 1. The number of nitrogens with two attached hydrogens (primary N) is 1. The van der Waals surface area contributed by atoms with Crippen LogP contribution in [0.4, 0.5) is 0 Å². The fourth-order valence-electron chi connectivity index (χ4n) is 1.71. The van der Waals surface area contributed by atoms with E-state index in [-0.39, 0.29) is 5.16 Å². The molecule has 104 valence electrons. The maximum absolute atomic E-state index is 11.5. The highest BCUT2D eigenvalue weighted by atomic mass is 32.2. The third kappa shape index (κ3) is 2.66. The lowest BCUT2D eigenvalue weighted by Gasteiger charge is -2.07. The van der Waals surface area contributed by atoms with Crippen molar-refractivity contribution >= 4 is 10.0 Å². The van der Waals surface area contributed by atoms with E-state index in [0.717, 1.165) is 0 Å². The molecule has 2 aromatic rings. The normalized spacial score (nSPS) is 11.2. The molecule has 0 saturated heterocycles. The summed E-state index contributed by atoms with van der Waals surface area (Å²) in [5, 5.41) is 21.0. The van der Waals surface area contributed by atoms with Crippen molar-refractivity contribution in [3.63, 3.8) is 0 Å². The molecular weight excluding hydrogens is 280 g/mol. The zero-order valence-corrected chi connectivity index (χ0v) is 11.5. The van der Waals surface area contributed by atoms with Crippen molar-refractivity contribution in [1.82, 2.24) is 19.7 Å². The summed E-state index contributed by atoms with van der Waals surface area (Å²) >= 11 is 0. The lowest BCUT2D eigenvalue weighted by atomic mass is 10.2. The lowest BCUT2D eigenvalue weighted by Crippen LogP contribution is -2.19. The molecule has 0 unspecified atom stereocenters. The minimum atomic E-state index is -3.95. The Labute approximate surface area is 115 Å². The Hall–Kier alpha value is -2.31. The first-order valence-electron chi connectivity index (χ1n) is 5.80. The predicted octanol–water partition coefficient (Wildman–Crippen LogP) is 0.269. The summed E-state index contributed by atoms with van der Waals surface area (Å²) in [5.74, 6) is 0.306. The number of aromatic nitrogens is 4. The van der Waals surface area contributed by atoms with E-state index in [1.807, 2.05) is 13.0 Å². The number of sulfonamides is 1. The molecule has 0 aliphatic carbocycles. The van der Waals surface area contributed by atoms with Gasteiger partial charge in [0.2, 0.25) is 0 Å². The van der Waals surface area contributed by atoms with Crippen LogP contribution in [0.1, 0.15) is 18.9 Å². The van der Waals surface area contributed by atoms with Crippen LogP contribution in [0.5, 0.6) is 0 Å². The Balaban J connectivity index is 2.56. The van der Waals surface area contributed by atoms with Gasteiger partial charge >= 0.3 is 0 Å². The van der Waals surface area contributed by atoms with E-state index in [4.69, 9.17) is 10.4 Å². The highest BCUT2D eigenvalue weighted by Gasteiger charge is 2.22. The average molecular weight is 292 g/mol. The molecule has 0 aromatic carbocycles. The predicted molar refractivity (Wildman–Crippen MR) is 69.6 cm³/mol. The summed E-state index contributed by atoms with van der Waals surface area (Å²) in [4.78, 5) is 4.08. The summed E-state index contributed by atoms with van der Waals surface area (Å²) < 4.78 is 24.3. The quantitative estimate of drug-likeness (QED) is 0.861. The molecule has 2 rings (SSSR count). The Morgan fingerprint density at radius 3 is 2.65 bits per heavy atom. The number of nitriles is 1. The van der Waals surface area contributed by atoms with E-state index in [0.29, 0.717) is 30.0 Å². The van der Waals surface area contributed by atoms with Crippen LogP contribution in [-0.2, 0) is 16.6 Å². The Morgan fingerprint density at radius 1 is 1.40 bits per heavy atom. The minimum Gasteiger partial charge on any atom is -0.295 e. The largest absolute Gasteiger partial charge is 0.295 e. The summed E-state index contributed by atoms with van der Waals surface area (Å²) in [6.07, 6.45) is 2.07. The lowest BCUT2D eigenvalue weighted by molar-refractivity contribution is 0.559. The van der Waals surface area contributed by atoms with Crippen LogP contribution in [0, 0.1) is 11.3 Å². The third-order valence-electron chi connectivity index (χ3n) is 2.54. The van der Waals surface area contributed by atoms with Gasteiger partial charge in [-0.2, -0.15) is 5.26 Å². The molecule has 0 bridgehead atoms. The summed E-state index contributed by atoms with van der Waals surface area (Å²) in [7, 11) is -3.95. The molecule has 0 radical (unpaired) electrons. The topological polar surface area (TPSA) is 128 Å². The third-order valence-corrected chi connectivity index (χ3v) is 3.35. The fraction of sp³-hybridized carbons (Fsp3) is 0.273. The maximum Gasteiger partial charge on any atom is 0.273 e. The van der Waals surface area contributed by atoms with Crippen LogP contribution in [0.2, 0.25) is 0 Å². The van der Waals surface area contributed by atoms with E-state index >= 15 is 0 Å². The van der Waals surface area contributed by atoms with E-state index in [1.165, 1.54) is 10.8 Å². The van der Waals surface area contributed by atoms with Gasteiger partial charge in [-0.15, -0.1) is 10.2 Å². The van der Waals surface area contributed by atoms with Gasteiger partial charge in [-0.05, 0) is 18.6 Å². The Kier molecular flexibility index (Phi) is 3.78. The number of pyridine rings is 1. The molecule has 0 fully saturated rings. The van der Waals surface area contributed by atoms with Crippen LogP contribution in [0.3, 0.4) is 0 Å². The number of nitrogens with zero attached hydrogens (tertiary/aromatic N) is 5. The standard InChI is InChI=1S/C11H12N6O2S/c1-2-5-17-10(15-16-11(17)20(13,18)19)9-4-3-8(6-12)7-14-9/h3-4,7H,2,5H2,1H3,(H2,13,18,19). The smallest absolute Gasteiger partial charge is 0.273 e. The molecule has 8 nitrogen and oxygen atoms in total. The summed E-state index contributed by atoms with van der Waals surface area (Å²) in [5.41, 5.74) is 0.835. The Bertz CT molecular complexity index is 757. The van der Waals surface area contributed by atoms with Crippen molar-refractivity contribution in [3.8, 4) is 17.6 Å². The summed E-state index contributed by atoms with van der Waals surface area (Å²) in [6, 6.07) is 5.11. The zero-order valence-electron chi connectivity index (χ0n) is 10.7. The van der Waals surface area contributed by atoms with Gasteiger partial charge in [-0.1, -0.05) is 6.92 Å². The SMILES string of the molecule is CCCn1c(-c2ccc(C#N)cn2)nnc1S(N)(=O)=O. The molecule has 9 heteroatoms. The van der Waals surface area contributed by atoms with Gasteiger partial charge in [0.1, 0.15) is 11.8 Å². The molecule has 0 amide bonds. The van der Waals surface area contributed by atoms with E-state index < -0.39 is 10.0 Å². The average Bonchev–Trinajstić information content (AvgIpc) is 2.83. The minimum absolute atomic E-state index is 0.291. The number of hydrogen-bond acceptors (Lipinski definition) is 6. The molecule has 2 N–H and O–H groups in total. The van der Waals surface area contributed by atoms with Crippen LogP contribution in [0.15, 0.2) is 23.5 Å². The second kappa shape index (κ2) is 5.36. The highest BCUT2D eigenvalue weighted by molar-refractivity contribution is 7.89. The fourth-order valence-corrected chi connectivity index (χ4v) is 2.35. The molecule has 2 aromatic heterocycles. The van der Waals surface area contributed by atoms with Crippen molar-refractivity contribution in [1.29, 1.82) is 5.26 Å². The monoisotopic (exact) mass is 292 g/mol. The number of rotatable bonds is 4. The van der Waals surface area contributed by atoms with Gasteiger partial charge in [-0.3, -0.25) is 9.55 Å². The first-order chi connectivity index (χ1) is 9.47. The second-order valence-corrected chi connectivity index (χ2v) is 5.50. The van der Waals surface area contributed by atoms with Gasteiger partial charge < -0.3 is 0 Å². The van der Waals surface area contributed by atoms with E-state index in [2.05, 4.69) is 15.2 Å².